The molecular weight excluding hydrogens is 250 g/mol. The van der Waals surface area contributed by atoms with Crippen LogP contribution in [0.25, 0.3) is 11.3 Å². The van der Waals surface area contributed by atoms with Gasteiger partial charge in [0.05, 0.1) is 25.1 Å². The molecule has 0 amide bonds. The molecule has 0 atom stereocenters. The van der Waals surface area contributed by atoms with Crippen LogP contribution in [0.15, 0.2) is 48.7 Å². The number of aromatic amines is 1. The molecule has 0 unspecified atom stereocenters. The van der Waals surface area contributed by atoms with Gasteiger partial charge < -0.3 is 10.1 Å². The SMILES string of the molecule is C=C(C)COCCNCc1cn[nH]c1-c1ccccc1. The highest BCUT2D eigenvalue weighted by Crippen LogP contribution is 2.20. The molecule has 0 bridgehead atoms. The molecule has 1 aromatic heterocycles. The van der Waals surface area contributed by atoms with E-state index in [1.54, 1.807) is 0 Å². The van der Waals surface area contributed by atoms with Crippen LogP contribution in [0, 0.1) is 0 Å². The summed E-state index contributed by atoms with van der Waals surface area (Å²) in [7, 11) is 0. The molecular formula is C16H21N3O. The first-order valence-electron chi connectivity index (χ1n) is 6.78. The van der Waals surface area contributed by atoms with E-state index in [2.05, 4.69) is 34.2 Å². The molecule has 2 N–H and O–H groups in total. The molecule has 1 heterocycles. The van der Waals surface area contributed by atoms with Crippen molar-refractivity contribution >= 4 is 0 Å². The van der Waals surface area contributed by atoms with Crippen LogP contribution in [0.5, 0.6) is 0 Å². The van der Waals surface area contributed by atoms with E-state index in [0.29, 0.717) is 13.2 Å². The largest absolute Gasteiger partial charge is 0.376 e. The summed E-state index contributed by atoms with van der Waals surface area (Å²) in [6.45, 7) is 8.66. The van der Waals surface area contributed by atoms with E-state index in [1.807, 2.05) is 31.3 Å². The highest BCUT2D eigenvalue weighted by molar-refractivity contribution is 5.62. The smallest absolute Gasteiger partial charge is 0.0695 e. The second kappa shape index (κ2) is 7.62. The minimum Gasteiger partial charge on any atom is -0.376 e. The maximum Gasteiger partial charge on any atom is 0.0695 e. The average Bonchev–Trinajstić information content (AvgIpc) is 2.92. The Morgan fingerprint density at radius 1 is 1.35 bits per heavy atom. The van der Waals surface area contributed by atoms with E-state index in [4.69, 9.17) is 4.74 Å². The summed E-state index contributed by atoms with van der Waals surface area (Å²) in [5.74, 6) is 0. The van der Waals surface area contributed by atoms with Crippen molar-refractivity contribution in [3.8, 4) is 11.3 Å². The number of nitrogens with one attached hydrogen (secondary N) is 2. The molecule has 0 aliphatic carbocycles. The number of nitrogens with zero attached hydrogens (tertiary/aromatic N) is 1. The standard InChI is InChI=1S/C16H21N3O/c1-13(2)12-20-9-8-17-10-15-11-18-19-16(15)14-6-4-3-5-7-14/h3-7,11,17H,1,8-10,12H2,2H3,(H,18,19). The molecule has 0 aliphatic heterocycles. The van der Waals surface area contributed by atoms with Gasteiger partial charge >= 0.3 is 0 Å². The van der Waals surface area contributed by atoms with Gasteiger partial charge in [0.1, 0.15) is 0 Å². The van der Waals surface area contributed by atoms with E-state index in [-0.39, 0.29) is 0 Å². The first-order chi connectivity index (χ1) is 9.77. The number of hydrogen-bond donors (Lipinski definition) is 2. The van der Waals surface area contributed by atoms with Gasteiger partial charge in [-0.2, -0.15) is 5.10 Å². The molecule has 0 radical (unpaired) electrons. The minimum absolute atomic E-state index is 0.628. The molecule has 1 aromatic carbocycles. The molecule has 20 heavy (non-hydrogen) atoms. The zero-order valence-corrected chi connectivity index (χ0v) is 11.9. The number of benzene rings is 1. The fourth-order valence-electron chi connectivity index (χ4n) is 1.91. The summed E-state index contributed by atoms with van der Waals surface area (Å²) < 4.78 is 5.44. The third-order valence-corrected chi connectivity index (χ3v) is 2.87. The average molecular weight is 271 g/mol. The number of hydrogen-bond acceptors (Lipinski definition) is 3. The Labute approximate surface area is 119 Å². The molecule has 0 saturated heterocycles. The van der Waals surface area contributed by atoms with Gasteiger partial charge in [0, 0.05) is 18.7 Å². The first kappa shape index (κ1) is 14.5. The van der Waals surface area contributed by atoms with E-state index in [0.717, 1.165) is 35.5 Å². The number of H-pyrrole nitrogens is 1. The summed E-state index contributed by atoms with van der Waals surface area (Å²) >= 11 is 0. The van der Waals surface area contributed by atoms with E-state index < -0.39 is 0 Å². The quantitative estimate of drug-likeness (QED) is 0.573. The Bertz CT molecular complexity index is 534. The molecule has 2 aromatic rings. The van der Waals surface area contributed by atoms with E-state index in [1.165, 1.54) is 0 Å². The van der Waals surface area contributed by atoms with Gasteiger partial charge in [0.25, 0.3) is 0 Å². The first-order valence-corrected chi connectivity index (χ1v) is 6.78. The Kier molecular flexibility index (Phi) is 5.53. The maximum absolute atomic E-state index is 5.44. The number of ether oxygens (including phenoxy) is 1. The van der Waals surface area contributed by atoms with Crippen molar-refractivity contribution in [3.63, 3.8) is 0 Å². The number of rotatable bonds is 8. The van der Waals surface area contributed by atoms with Crippen molar-refractivity contribution in [1.29, 1.82) is 0 Å². The highest BCUT2D eigenvalue weighted by atomic mass is 16.5. The van der Waals surface area contributed by atoms with Crippen molar-refractivity contribution in [3.05, 3.63) is 54.2 Å². The normalized spacial score (nSPS) is 10.7. The van der Waals surface area contributed by atoms with E-state index >= 15 is 0 Å². The molecule has 4 nitrogen and oxygen atoms in total. The maximum atomic E-state index is 5.44. The van der Waals surface area contributed by atoms with Gasteiger partial charge in [-0.3, -0.25) is 5.10 Å². The van der Waals surface area contributed by atoms with Crippen molar-refractivity contribution in [2.45, 2.75) is 13.5 Å². The van der Waals surface area contributed by atoms with Crippen LogP contribution < -0.4 is 5.32 Å². The molecule has 106 valence electrons. The van der Waals surface area contributed by atoms with Crippen molar-refractivity contribution in [1.82, 2.24) is 15.5 Å². The lowest BCUT2D eigenvalue weighted by atomic mass is 10.1. The Morgan fingerprint density at radius 3 is 2.90 bits per heavy atom. The lowest BCUT2D eigenvalue weighted by Crippen LogP contribution is -2.19. The van der Waals surface area contributed by atoms with Crippen molar-refractivity contribution < 1.29 is 4.74 Å². The summed E-state index contributed by atoms with van der Waals surface area (Å²) in [6, 6.07) is 10.2. The van der Waals surface area contributed by atoms with Crippen LogP contribution in [0.1, 0.15) is 12.5 Å². The van der Waals surface area contributed by atoms with Crippen LogP contribution in [-0.2, 0) is 11.3 Å². The fraction of sp³-hybridized carbons (Fsp3) is 0.312. The molecule has 0 saturated carbocycles. The summed E-state index contributed by atoms with van der Waals surface area (Å²) in [5, 5.41) is 10.5. The van der Waals surface area contributed by atoms with Crippen molar-refractivity contribution in [2.24, 2.45) is 0 Å². The minimum atomic E-state index is 0.628. The summed E-state index contributed by atoms with van der Waals surface area (Å²) in [6.07, 6.45) is 1.87. The lowest BCUT2D eigenvalue weighted by Gasteiger charge is -2.07. The van der Waals surface area contributed by atoms with Crippen LogP contribution in [0.4, 0.5) is 0 Å². The van der Waals surface area contributed by atoms with Crippen molar-refractivity contribution in [2.75, 3.05) is 19.8 Å². The molecule has 0 spiro atoms. The Hall–Kier alpha value is -1.91. The van der Waals surface area contributed by atoms with E-state index in [9.17, 15) is 0 Å². The zero-order chi connectivity index (χ0) is 14.2. The zero-order valence-electron chi connectivity index (χ0n) is 11.9. The highest BCUT2D eigenvalue weighted by Gasteiger charge is 2.06. The third kappa shape index (κ3) is 4.33. The van der Waals surface area contributed by atoms with Gasteiger partial charge in [0.15, 0.2) is 0 Å². The topological polar surface area (TPSA) is 49.9 Å². The molecule has 0 aliphatic rings. The van der Waals surface area contributed by atoms with Crippen LogP contribution >= 0.6 is 0 Å². The third-order valence-electron chi connectivity index (χ3n) is 2.87. The summed E-state index contributed by atoms with van der Waals surface area (Å²) in [4.78, 5) is 0. The van der Waals surface area contributed by atoms with Gasteiger partial charge in [-0.15, -0.1) is 0 Å². The Balaban J connectivity index is 1.80. The summed E-state index contributed by atoms with van der Waals surface area (Å²) in [5.41, 5.74) is 4.43. The van der Waals surface area contributed by atoms with Crippen LogP contribution in [0.3, 0.4) is 0 Å². The molecule has 0 fully saturated rings. The molecule has 2 rings (SSSR count). The molecule has 4 heteroatoms. The Morgan fingerprint density at radius 2 is 2.15 bits per heavy atom. The monoisotopic (exact) mass is 271 g/mol. The predicted octanol–water partition coefficient (Wildman–Crippen LogP) is 2.76. The second-order valence-electron chi connectivity index (χ2n) is 4.82. The van der Waals surface area contributed by atoms with Gasteiger partial charge in [-0.05, 0) is 12.5 Å². The van der Waals surface area contributed by atoms with Crippen LogP contribution in [0.2, 0.25) is 0 Å². The lowest BCUT2D eigenvalue weighted by molar-refractivity contribution is 0.158. The van der Waals surface area contributed by atoms with Gasteiger partial charge in [-0.25, -0.2) is 0 Å². The van der Waals surface area contributed by atoms with Gasteiger partial charge in [-0.1, -0.05) is 42.5 Å². The van der Waals surface area contributed by atoms with Crippen LogP contribution in [-0.4, -0.2) is 30.0 Å². The second-order valence-corrected chi connectivity index (χ2v) is 4.82. The predicted molar refractivity (Wildman–Crippen MR) is 81.4 cm³/mol. The fourth-order valence-corrected chi connectivity index (χ4v) is 1.91. The number of aromatic nitrogens is 2. The van der Waals surface area contributed by atoms with Gasteiger partial charge in [0.2, 0.25) is 0 Å².